The lowest BCUT2D eigenvalue weighted by Gasteiger charge is -2.20. The Morgan fingerprint density at radius 3 is 3.00 bits per heavy atom. The van der Waals surface area contributed by atoms with Crippen molar-refractivity contribution in [1.82, 2.24) is 10.2 Å². The summed E-state index contributed by atoms with van der Waals surface area (Å²) in [6.07, 6.45) is 4.69. The highest BCUT2D eigenvalue weighted by Gasteiger charge is 2.34. The van der Waals surface area contributed by atoms with Crippen LogP contribution in [0.25, 0.3) is 0 Å². The largest absolute Gasteiger partial charge is 0.380 e. The van der Waals surface area contributed by atoms with E-state index in [1.165, 1.54) is 19.3 Å². The van der Waals surface area contributed by atoms with E-state index < -0.39 is 0 Å². The van der Waals surface area contributed by atoms with Crippen molar-refractivity contribution in [2.75, 3.05) is 26.7 Å². The van der Waals surface area contributed by atoms with Crippen LogP contribution in [0.1, 0.15) is 32.6 Å². The standard InChI is InChI=1S/C13H24N2O2/c1-3-4-10-5-6-15(9-10)13(16)12-7-11(17-2)8-14-12/h10-12,14H,3-9H2,1-2H3. The normalized spacial score (nSPS) is 33.3. The molecule has 2 aliphatic rings. The maximum absolute atomic E-state index is 12.3. The molecule has 2 heterocycles. The summed E-state index contributed by atoms with van der Waals surface area (Å²) in [6, 6.07) is -0.0136. The number of hydrogen-bond donors (Lipinski definition) is 1. The van der Waals surface area contributed by atoms with Crippen LogP contribution in [-0.4, -0.2) is 49.7 Å². The van der Waals surface area contributed by atoms with Crippen molar-refractivity contribution in [3.05, 3.63) is 0 Å². The zero-order valence-corrected chi connectivity index (χ0v) is 10.9. The van der Waals surface area contributed by atoms with Gasteiger partial charge in [0.15, 0.2) is 0 Å². The van der Waals surface area contributed by atoms with Gasteiger partial charge in [-0.1, -0.05) is 13.3 Å². The first kappa shape index (κ1) is 12.8. The third-order valence-electron chi connectivity index (χ3n) is 4.02. The van der Waals surface area contributed by atoms with Gasteiger partial charge in [0, 0.05) is 26.7 Å². The molecule has 3 unspecified atom stereocenters. The summed E-state index contributed by atoms with van der Waals surface area (Å²) in [5.41, 5.74) is 0. The summed E-state index contributed by atoms with van der Waals surface area (Å²) in [5, 5.41) is 3.26. The lowest BCUT2D eigenvalue weighted by molar-refractivity contribution is -0.132. The summed E-state index contributed by atoms with van der Waals surface area (Å²) in [6.45, 7) is 4.92. The molecule has 4 heteroatoms. The van der Waals surface area contributed by atoms with Crippen LogP contribution in [0.3, 0.4) is 0 Å². The SMILES string of the molecule is CCCC1CCN(C(=O)C2CC(OC)CN2)C1. The number of ether oxygens (including phenoxy) is 1. The number of rotatable bonds is 4. The zero-order valence-electron chi connectivity index (χ0n) is 10.9. The summed E-state index contributed by atoms with van der Waals surface area (Å²) in [5.74, 6) is 1.01. The molecule has 0 aromatic heterocycles. The Bertz CT molecular complexity index is 270. The van der Waals surface area contributed by atoms with Gasteiger partial charge < -0.3 is 15.0 Å². The average Bonchev–Trinajstić information content (AvgIpc) is 2.97. The molecule has 2 aliphatic heterocycles. The first-order chi connectivity index (χ1) is 8.24. The van der Waals surface area contributed by atoms with Crippen molar-refractivity contribution in [3.8, 4) is 0 Å². The summed E-state index contributed by atoms with van der Waals surface area (Å²) < 4.78 is 5.28. The molecule has 2 fully saturated rings. The third-order valence-corrected chi connectivity index (χ3v) is 4.02. The van der Waals surface area contributed by atoms with E-state index in [1.54, 1.807) is 7.11 Å². The predicted octanol–water partition coefficient (Wildman–Crippen LogP) is 1.01. The van der Waals surface area contributed by atoms with Crippen molar-refractivity contribution >= 4 is 5.91 Å². The summed E-state index contributed by atoms with van der Waals surface area (Å²) in [7, 11) is 1.71. The van der Waals surface area contributed by atoms with E-state index >= 15 is 0 Å². The van der Waals surface area contributed by atoms with Gasteiger partial charge in [0.1, 0.15) is 0 Å². The second-order valence-electron chi connectivity index (χ2n) is 5.28. The quantitative estimate of drug-likeness (QED) is 0.797. The Balaban J connectivity index is 1.81. The molecule has 98 valence electrons. The number of nitrogens with zero attached hydrogens (tertiary/aromatic N) is 1. The number of likely N-dealkylation sites (tertiary alicyclic amines) is 1. The van der Waals surface area contributed by atoms with E-state index in [0.717, 1.165) is 32.0 Å². The van der Waals surface area contributed by atoms with Gasteiger partial charge >= 0.3 is 0 Å². The minimum Gasteiger partial charge on any atom is -0.380 e. The third kappa shape index (κ3) is 2.99. The molecule has 0 aliphatic carbocycles. The van der Waals surface area contributed by atoms with E-state index in [-0.39, 0.29) is 18.1 Å². The fourth-order valence-corrected chi connectivity index (χ4v) is 2.97. The minimum atomic E-state index is -0.0136. The Morgan fingerprint density at radius 2 is 2.35 bits per heavy atom. The maximum Gasteiger partial charge on any atom is 0.239 e. The van der Waals surface area contributed by atoms with Crippen molar-refractivity contribution in [2.24, 2.45) is 5.92 Å². The number of methoxy groups -OCH3 is 1. The van der Waals surface area contributed by atoms with Crippen molar-refractivity contribution in [3.63, 3.8) is 0 Å². The van der Waals surface area contributed by atoms with E-state index in [2.05, 4.69) is 12.2 Å². The zero-order chi connectivity index (χ0) is 12.3. The Labute approximate surface area is 104 Å². The Kier molecular flexibility index (Phi) is 4.40. The molecule has 1 N–H and O–H groups in total. The van der Waals surface area contributed by atoms with Gasteiger partial charge in [-0.2, -0.15) is 0 Å². The summed E-state index contributed by atoms with van der Waals surface area (Å²) >= 11 is 0. The molecule has 2 rings (SSSR count). The topological polar surface area (TPSA) is 41.6 Å². The molecular formula is C13H24N2O2. The molecule has 4 nitrogen and oxygen atoms in total. The maximum atomic E-state index is 12.3. The van der Waals surface area contributed by atoms with Gasteiger partial charge in [0.25, 0.3) is 0 Å². The van der Waals surface area contributed by atoms with Gasteiger partial charge in [-0.25, -0.2) is 0 Å². The molecule has 0 aromatic carbocycles. The minimum absolute atomic E-state index is 0.0136. The molecule has 0 saturated carbocycles. The van der Waals surface area contributed by atoms with E-state index in [4.69, 9.17) is 4.74 Å². The van der Waals surface area contributed by atoms with Gasteiger partial charge in [0.05, 0.1) is 12.1 Å². The fourth-order valence-electron chi connectivity index (χ4n) is 2.97. The highest BCUT2D eigenvalue weighted by atomic mass is 16.5. The van der Waals surface area contributed by atoms with Gasteiger partial charge in [0.2, 0.25) is 5.91 Å². The molecule has 1 amide bonds. The van der Waals surface area contributed by atoms with Crippen LogP contribution in [0.15, 0.2) is 0 Å². The van der Waals surface area contributed by atoms with E-state index in [1.807, 2.05) is 4.90 Å². The Morgan fingerprint density at radius 1 is 1.53 bits per heavy atom. The van der Waals surface area contributed by atoms with Crippen LogP contribution in [0, 0.1) is 5.92 Å². The van der Waals surface area contributed by atoms with Gasteiger partial charge in [-0.3, -0.25) is 4.79 Å². The predicted molar refractivity (Wildman–Crippen MR) is 66.8 cm³/mol. The lowest BCUT2D eigenvalue weighted by Crippen LogP contribution is -2.42. The smallest absolute Gasteiger partial charge is 0.239 e. The van der Waals surface area contributed by atoms with Crippen LogP contribution in [0.4, 0.5) is 0 Å². The van der Waals surface area contributed by atoms with Crippen molar-refractivity contribution in [2.45, 2.75) is 44.8 Å². The fraction of sp³-hybridized carbons (Fsp3) is 0.923. The first-order valence-corrected chi connectivity index (χ1v) is 6.79. The second kappa shape index (κ2) is 5.83. The van der Waals surface area contributed by atoms with Crippen LogP contribution < -0.4 is 5.32 Å². The number of carbonyl (C=O) groups is 1. The average molecular weight is 240 g/mol. The lowest BCUT2D eigenvalue weighted by atomic mass is 10.0. The van der Waals surface area contributed by atoms with Crippen LogP contribution in [-0.2, 0) is 9.53 Å². The van der Waals surface area contributed by atoms with Crippen LogP contribution in [0.2, 0.25) is 0 Å². The highest BCUT2D eigenvalue weighted by Crippen LogP contribution is 2.23. The molecule has 0 radical (unpaired) electrons. The number of hydrogen-bond acceptors (Lipinski definition) is 3. The second-order valence-corrected chi connectivity index (χ2v) is 5.28. The highest BCUT2D eigenvalue weighted by molar-refractivity contribution is 5.82. The molecule has 0 spiro atoms. The first-order valence-electron chi connectivity index (χ1n) is 6.79. The van der Waals surface area contributed by atoms with Crippen molar-refractivity contribution < 1.29 is 9.53 Å². The molecule has 3 atom stereocenters. The molecule has 2 saturated heterocycles. The molecular weight excluding hydrogens is 216 g/mol. The van der Waals surface area contributed by atoms with E-state index in [9.17, 15) is 4.79 Å². The number of amides is 1. The van der Waals surface area contributed by atoms with Gasteiger partial charge in [-0.05, 0) is 25.2 Å². The Hall–Kier alpha value is -0.610. The monoisotopic (exact) mass is 240 g/mol. The van der Waals surface area contributed by atoms with Gasteiger partial charge in [-0.15, -0.1) is 0 Å². The number of nitrogens with one attached hydrogen (secondary N) is 1. The summed E-state index contributed by atoms with van der Waals surface area (Å²) in [4.78, 5) is 14.3. The van der Waals surface area contributed by atoms with Crippen molar-refractivity contribution in [1.29, 1.82) is 0 Å². The number of carbonyl (C=O) groups excluding carboxylic acids is 1. The molecule has 17 heavy (non-hydrogen) atoms. The van der Waals surface area contributed by atoms with Crippen LogP contribution in [0.5, 0.6) is 0 Å². The van der Waals surface area contributed by atoms with E-state index in [0.29, 0.717) is 0 Å². The molecule has 0 aromatic rings. The molecule has 0 bridgehead atoms. The van der Waals surface area contributed by atoms with Crippen LogP contribution >= 0.6 is 0 Å².